The molecule has 1 aromatic carbocycles. The molecule has 2 bridgehead atoms. The summed E-state index contributed by atoms with van der Waals surface area (Å²) < 4.78 is 5.49. The van der Waals surface area contributed by atoms with Crippen LogP contribution in [-0.2, 0) is 0 Å². The summed E-state index contributed by atoms with van der Waals surface area (Å²) in [6.07, 6.45) is 0. The maximum absolute atomic E-state index is 5.79. The van der Waals surface area contributed by atoms with Crippen LogP contribution in [0.25, 0.3) is 11.5 Å². The number of nitrogen functional groups attached to an aromatic ring is 1. The normalized spacial score (nSPS) is 28.0. The van der Waals surface area contributed by atoms with Gasteiger partial charge in [0.15, 0.2) is 5.82 Å². The Bertz CT molecular complexity index is 660. The molecule has 6 heteroatoms. The van der Waals surface area contributed by atoms with Crippen molar-refractivity contribution in [3.63, 3.8) is 0 Å². The third-order valence-electron chi connectivity index (χ3n) is 4.50. The van der Waals surface area contributed by atoms with Gasteiger partial charge in [-0.3, -0.25) is 9.80 Å². The molecule has 1 atom stereocenters. The number of aryl methyl sites for hydroxylation is 1. The molecule has 0 aliphatic carbocycles. The van der Waals surface area contributed by atoms with Gasteiger partial charge < -0.3 is 10.3 Å². The van der Waals surface area contributed by atoms with E-state index in [1.165, 1.54) is 0 Å². The average Bonchev–Trinajstić information content (AvgIpc) is 2.98. The minimum absolute atomic E-state index is 0.263. The molecule has 2 aromatic rings. The fourth-order valence-electron chi connectivity index (χ4n) is 3.27. The Labute approximate surface area is 123 Å². The lowest BCUT2D eigenvalue weighted by Gasteiger charge is -2.46. The van der Waals surface area contributed by atoms with E-state index in [0.29, 0.717) is 5.89 Å². The molecule has 3 aliphatic rings. The molecule has 0 amide bonds. The van der Waals surface area contributed by atoms with Crippen LogP contribution in [0.15, 0.2) is 22.7 Å². The maximum atomic E-state index is 5.79. The first-order chi connectivity index (χ1) is 10.2. The molecule has 6 nitrogen and oxygen atoms in total. The van der Waals surface area contributed by atoms with Gasteiger partial charge in [-0.2, -0.15) is 4.98 Å². The Kier molecular flexibility index (Phi) is 2.94. The van der Waals surface area contributed by atoms with Gasteiger partial charge >= 0.3 is 0 Å². The Hall–Kier alpha value is -1.92. The molecular weight excluding hydrogens is 266 g/mol. The van der Waals surface area contributed by atoms with Crippen molar-refractivity contribution in [1.29, 1.82) is 0 Å². The molecular formula is C15H19N5O. The fraction of sp³-hybridized carbons (Fsp3) is 0.467. The van der Waals surface area contributed by atoms with Crippen molar-refractivity contribution in [2.45, 2.75) is 13.0 Å². The smallest absolute Gasteiger partial charge is 0.258 e. The molecule has 3 fully saturated rings. The lowest BCUT2D eigenvalue weighted by molar-refractivity contribution is 0.00781. The standard InChI is InChI=1S/C15H19N5O/c1-10-8-11(16)2-3-12(10)15-17-14(18-21-15)13-9-19-4-6-20(13)7-5-19/h2-3,8,13H,4-7,9,16H2,1H3. The SMILES string of the molecule is Cc1cc(N)ccc1-c1nc(C2CN3CCN2CC3)no1. The Morgan fingerprint density at radius 2 is 2.05 bits per heavy atom. The van der Waals surface area contributed by atoms with Gasteiger partial charge in [-0.1, -0.05) is 5.16 Å². The average molecular weight is 285 g/mol. The summed E-state index contributed by atoms with van der Waals surface area (Å²) in [6, 6.07) is 6.00. The van der Waals surface area contributed by atoms with E-state index in [0.717, 1.165) is 55.4 Å². The molecule has 0 spiro atoms. The number of benzene rings is 1. The van der Waals surface area contributed by atoms with Crippen LogP contribution in [0.5, 0.6) is 0 Å². The Morgan fingerprint density at radius 1 is 1.24 bits per heavy atom. The molecule has 110 valence electrons. The van der Waals surface area contributed by atoms with Gasteiger partial charge in [0.1, 0.15) is 0 Å². The van der Waals surface area contributed by atoms with E-state index < -0.39 is 0 Å². The first kappa shape index (κ1) is 12.8. The van der Waals surface area contributed by atoms with Crippen LogP contribution in [-0.4, -0.2) is 52.7 Å². The van der Waals surface area contributed by atoms with Gasteiger partial charge in [0, 0.05) is 44.0 Å². The van der Waals surface area contributed by atoms with E-state index in [1.807, 2.05) is 25.1 Å². The van der Waals surface area contributed by atoms with Gasteiger partial charge in [-0.15, -0.1) is 0 Å². The zero-order chi connectivity index (χ0) is 14.4. The van der Waals surface area contributed by atoms with E-state index in [9.17, 15) is 0 Å². The van der Waals surface area contributed by atoms with E-state index in [-0.39, 0.29) is 6.04 Å². The van der Waals surface area contributed by atoms with E-state index in [4.69, 9.17) is 10.3 Å². The summed E-state index contributed by atoms with van der Waals surface area (Å²) >= 11 is 0. The summed E-state index contributed by atoms with van der Waals surface area (Å²) in [6.45, 7) is 7.49. The number of hydrogen-bond acceptors (Lipinski definition) is 6. The molecule has 2 N–H and O–H groups in total. The minimum atomic E-state index is 0.263. The number of aromatic nitrogens is 2. The number of nitrogens with two attached hydrogens (primary N) is 1. The quantitative estimate of drug-likeness (QED) is 0.839. The summed E-state index contributed by atoms with van der Waals surface area (Å²) in [7, 11) is 0. The molecule has 3 saturated heterocycles. The molecule has 3 aliphatic heterocycles. The lowest BCUT2D eigenvalue weighted by atomic mass is 10.1. The highest BCUT2D eigenvalue weighted by Crippen LogP contribution is 2.29. The molecule has 1 unspecified atom stereocenters. The number of fused-ring (bicyclic) bond motifs is 3. The van der Waals surface area contributed by atoms with Crippen LogP contribution in [0.2, 0.25) is 0 Å². The fourth-order valence-corrected chi connectivity index (χ4v) is 3.27. The monoisotopic (exact) mass is 285 g/mol. The molecule has 21 heavy (non-hydrogen) atoms. The van der Waals surface area contributed by atoms with Crippen LogP contribution in [0, 0.1) is 6.92 Å². The first-order valence-electron chi connectivity index (χ1n) is 7.37. The second kappa shape index (κ2) is 4.82. The third kappa shape index (κ3) is 2.20. The zero-order valence-corrected chi connectivity index (χ0v) is 12.1. The van der Waals surface area contributed by atoms with Crippen molar-refractivity contribution < 1.29 is 4.52 Å². The number of anilines is 1. The van der Waals surface area contributed by atoms with Gasteiger partial charge in [-0.25, -0.2) is 0 Å². The molecule has 0 saturated carbocycles. The third-order valence-corrected chi connectivity index (χ3v) is 4.50. The van der Waals surface area contributed by atoms with Crippen molar-refractivity contribution >= 4 is 5.69 Å². The van der Waals surface area contributed by atoms with Crippen molar-refractivity contribution in [3.8, 4) is 11.5 Å². The topological polar surface area (TPSA) is 71.4 Å². The van der Waals surface area contributed by atoms with Gasteiger partial charge in [0.2, 0.25) is 0 Å². The summed E-state index contributed by atoms with van der Waals surface area (Å²) in [4.78, 5) is 9.54. The highest BCUT2D eigenvalue weighted by Gasteiger charge is 2.35. The van der Waals surface area contributed by atoms with E-state index in [1.54, 1.807) is 0 Å². The van der Waals surface area contributed by atoms with Gasteiger partial charge in [0.25, 0.3) is 5.89 Å². The van der Waals surface area contributed by atoms with Crippen LogP contribution < -0.4 is 5.73 Å². The van der Waals surface area contributed by atoms with Crippen molar-refractivity contribution in [3.05, 3.63) is 29.6 Å². The summed E-state index contributed by atoms with van der Waals surface area (Å²) in [5, 5.41) is 4.21. The van der Waals surface area contributed by atoms with Crippen LogP contribution >= 0.6 is 0 Å². The van der Waals surface area contributed by atoms with E-state index >= 15 is 0 Å². The van der Waals surface area contributed by atoms with Crippen LogP contribution in [0.3, 0.4) is 0 Å². The van der Waals surface area contributed by atoms with Crippen molar-refractivity contribution in [1.82, 2.24) is 19.9 Å². The van der Waals surface area contributed by atoms with Crippen LogP contribution in [0.4, 0.5) is 5.69 Å². The molecule has 4 heterocycles. The molecule has 5 rings (SSSR count). The van der Waals surface area contributed by atoms with Gasteiger partial charge in [-0.05, 0) is 30.7 Å². The minimum Gasteiger partial charge on any atom is -0.399 e. The molecule has 1 aromatic heterocycles. The summed E-state index contributed by atoms with van der Waals surface area (Å²) in [5.41, 5.74) is 8.55. The molecule has 0 radical (unpaired) electrons. The number of piperazine rings is 3. The zero-order valence-electron chi connectivity index (χ0n) is 12.1. The number of nitrogens with zero attached hydrogens (tertiary/aromatic N) is 4. The predicted molar refractivity (Wildman–Crippen MR) is 79.6 cm³/mol. The van der Waals surface area contributed by atoms with Crippen molar-refractivity contribution in [2.24, 2.45) is 0 Å². The highest BCUT2D eigenvalue weighted by molar-refractivity contribution is 5.62. The predicted octanol–water partition coefficient (Wildman–Crippen LogP) is 1.30. The number of hydrogen-bond donors (Lipinski definition) is 1. The van der Waals surface area contributed by atoms with E-state index in [2.05, 4.69) is 19.9 Å². The second-order valence-electron chi connectivity index (χ2n) is 5.88. The van der Waals surface area contributed by atoms with Crippen molar-refractivity contribution in [2.75, 3.05) is 38.5 Å². The maximum Gasteiger partial charge on any atom is 0.258 e. The Morgan fingerprint density at radius 3 is 2.71 bits per heavy atom. The number of rotatable bonds is 2. The first-order valence-corrected chi connectivity index (χ1v) is 7.37. The largest absolute Gasteiger partial charge is 0.399 e. The van der Waals surface area contributed by atoms with Crippen LogP contribution in [0.1, 0.15) is 17.4 Å². The highest BCUT2D eigenvalue weighted by atomic mass is 16.5. The summed E-state index contributed by atoms with van der Waals surface area (Å²) in [5.74, 6) is 1.38. The lowest BCUT2D eigenvalue weighted by Crippen LogP contribution is -2.57. The van der Waals surface area contributed by atoms with Gasteiger partial charge in [0.05, 0.1) is 6.04 Å². The Balaban J connectivity index is 1.64. The second-order valence-corrected chi connectivity index (χ2v) is 5.88.